The van der Waals surface area contributed by atoms with Crippen LogP contribution < -0.4 is 20.1 Å². The Morgan fingerprint density at radius 3 is 2.64 bits per heavy atom. The fourth-order valence-electron chi connectivity index (χ4n) is 2.90. The number of benzene rings is 1. The van der Waals surface area contributed by atoms with Crippen molar-refractivity contribution in [1.29, 1.82) is 0 Å². The Hall–Kier alpha value is -1.88. The molecule has 0 unspecified atom stereocenters. The molecular formula is C19H27ClN2O3. The third-order valence-corrected chi connectivity index (χ3v) is 4.66. The third kappa shape index (κ3) is 5.56. The van der Waals surface area contributed by atoms with Gasteiger partial charge in [-0.3, -0.25) is 4.79 Å². The number of methoxy groups -OCH3 is 2. The third-order valence-electron chi connectivity index (χ3n) is 4.37. The van der Waals surface area contributed by atoms with Gasteiger partial charge in [-0.2, -0.15) is 0 Å². The molecule has 1 aliphatic rings. The lowest BCUT2D eigenvalue weighted by molar-refractivity contribution is -0.121. The predicted molar refractivity (Wildman–Crippen MR) is 102 cm³/mol. The fourth-order valence-corrected chi connectivity index (χ4v) is 3.14. The van der Waals surface area contributed by atoms with Gasteiger partial charge in [0.15, 0.2) is 0 Å². The summed E-state index contributed by atoms with van der Waals surface area (Å²) in [6.45, 7) is 2.48. The van der Waals surface area contributed by atoms with E-state index >= 15 is 0 Å². The molecule has 1 aromatic carbocycles. The minimum absolute atomic E-state index is 0.0506. The Morgan fingerprint density at radius 1 is 1.24 bits per heavy atom. The van der Waals surface area contributed by atoms with Crippen molar-refractivity contribution in [2.75, 3.05) is 26.1 Å². The van der Waals surface area contributed by atoms with Crippen molar-refractivity contribution in [2.24, 2.45) is 0 Å². The van der Waals surface area contributed by atoms with E-state index < -0.39 is 6.04 Å². The maximum absolute atomic E-state index is 12.3. The molecule has 0 bridgehead atoms. The second-order valence-corrected chi connectivity index (χ2v) is 6.61. The van der Waals surface area contributed by atoms with Gasteiger partial charge < -0.3 is 20.1 Å². The van der Waals surface area contributed by atoms with Crippen LogP contribution in [0.3, 0.4) is 0 Å². The molecule has 0 aromatic heterocycles. The molecular weight excluding hydrogens is 340 g/mol. The van der Waals surface area contributed by atoms with Gasteiger partial charge in [0.1, 0.15) is 17.5 Å². The Bertz CT molecular complexity index is 631. The highest BCUT2D eigenvalue weighted by molar-refractivity contribution is 6.32. The molecule has 5 nitrogen and oxygen atoms in total. The number of rotatable bonds is 8. The van der Waals surface area contributed by atoms with Gasteiger partial charge in [0.25, 0.3) is 0 Å². The summed E-state index contributed by atoms with van der Waals surface area (Å²) < 4.78 is 10.5. The van der Waals surface area contributed by atoms with E-state index in [9.17, 15) is 4.79 Å². The Balaban J connectivity index is 1.89. The molecule has 1 aliphatic carbocycles. The van der Waals surface area contributed by atoms with E-state index in [0.717, 1.165) is 12.8 Å². The second-order valence-electron chi connectivity index (χ2n) is 6.20. The van der Waals surface area contributed by atoms with Gasteiger partial charge >= 0.3 is 0 Å². The summed E-state index contributed by atoms with van der Waals surface area (Å²) in [7, 11) is 3.11. The van der Waals surface area contributed by atoms with Gasteiger partial charge in [0.05, 0.1) is 24.9 Å². The number of hydrogen-bond donors (Lipinski definition) is 2. The summed E-state index contributed by atoms with van der Waals surface area (Å²) in [5, 5.41) is 6.59. The van der Waals surface area contributed by atoms with E-state index in [2.05, 4.69) is 16.7 Å². The number of ether oxygens (including phenoxy) is 2. The average Bonchev–Trinajstić information content (AvgIpc) is 2.62. The molecule has 2 N–H and O–H groups in total. The van der Waals surface area contributed by atoms with Crippen LogP contribution in [0.2, 0.25) is 5.02 Å². The molecule has 0 radical (unpaired) electrons. The first-order chi connectivity index (χ1) is 12.0. The molecule has 1 amide bonds. The summed E-state index contributed by atoms with van der Waals surface area (Å²) in [5.74, 6) is 1.06. The monoisotopic (exact) mass is 366 g/mol. The quantitative estimate of drug-likeness (QED) is 0.678. The molecule has 25 heavy (non-hydrogen) atoms. The first-order valence-corrected chi connectivity index (χ1v) is 9.06. The molecule has 0 saturated carbocycles. The fraction of sp³-hybridized carbons (Fsp3) is 0.526. The summed E-state index contributed by atoms with van der Waals surface area (Å²) in [6, 6.07) is 3.00. The minimum Gasteiger partial charge on any atom is -0.495 e. The zero-order valence-corrected chi connectivity index (χ0v) is 15.9. The second kappa shape index (κ2) is 9.56. The normalized spacial score (nSPS) is 15.1. The number of nitrogens with one attached hydrogen (secondary N) is 2. The maximum atomic E-state index is 12.3. The van der Waals surface area contributed by atoms with Crippen molar-refractivity contribution in [2.45, 2.75) is 45.1 Å². The molecule has 0 fully saturated rings. The van der Waals surface area contributed by atoms with E-state index in [0.29, 0.717) is 28.8 Å². The maximum Gasteiger partial charge on any atom is 0.242 e. The molecule has 2 rings (SSSR count). The van der Waals surface area contributed by atoms with Crippen LogP contribution in [0.1, 0.15) is 39.0 Å². The van der Waals surface area contributed by atoms with E-state index in [1.807, 2.05) is 6.92 Å². The largest absolute Gasteiger partial charge is 0.495 e. The van der Waals surface area contributed by atoms with Crippen molar-refractivity contribution < 1.29 is 14.3 Å². The molecule has 1 atom stereocenters. The number of hydrogen-bond acceptors (Lipinski definition) is 4. The first kappa shape index (κ1) is 19.4. The Morgan fingerprint density at radius 2 is 2.00 bits per heavy atom. The summed E-state index contributed by atoms with van der Waals surface area (Å²) in [4.78, 5) is 12.3. The van der Waals surface area contributed by atoms with Crippen LogP contribution in [0.25, 0.3) is 0 Å². The van der Waals surface area contributed by atoms with Crippen molar-refractivity contribution in [3.05, 3.63) is 28.8 Å². The number of halogens is 1. The number of carbonyl (C=O) groups is 1. The Labute approximate surface area is 154 Å². The van der Waals surface area contributed by atoms with Crippen LogP contribution in [0, 0.1) is 0 Å². The van der Waals surface area contributed by atoms with Crippen LogP contribution in [0.5, 0.6) is 11.5 Å². The van der Waals surface area contributed by atoms with Gasteiger partial charge in [-0.25, -0.2) is 0 Å². The zero-order valence-electron chi connectivity index (χ0n) is 15.2. The lowest BCUT2D eigenvalue weighted by Crippen LogP contribution is -2.38. The molecule has 6 heteroatoms. The van der Waals surface area contributed by atoms with Crippen molar-refractivity contribution in [3.63, 3.8) is 0 Å². The lowest BCUT2D eigenvalue weighted by Gasteiger charge is -2.19. The zero-order chi connectivity index (χ0) is 18.2. The Kier molecular flexibility index (Phi) is 7.44. The lowest BCUT2D eigenvalue weighted by atomic mass is 9.97. The molecule has 0 heterocycles. The van der Waals surface area contributed by atoms with Gasteiger partial charge in [0.2, 0.25) is 5.91 Å². The average molecular weight is 367 g/mol. The summed E-state index contributed by atoms with van der Waals surface area (Å²) in [5.41, 5.74) is 2.11. The van der Waals surface area contributed by atoms with Crippen LogP contribution in [-0.4, -0.2) is 32.7 Å². The van der Waals surface area contributed by atoms with Gasteiger partial charge in [0, 0.05) is 12.6 Å². The van der Waals surface area contributed by atoms with E-state index in [-0.39, 0.29) is 5.91 Å². The topological polar surface area (TPSA) is 59.6 Å². The number of anilines is 1. The summed E-state index contributed by atoms with van der Waals surface area (Å²) in [6.07, 6.45) is 8.10. The van der Waals surface area contributed by atoms with E-state index in [1.165, 1.54) is 24.8 Å². The van der Waals surface area contributed by atoms with E-state index in [1.54, 1.807) is 26.4 Å². The molecule has 0 spiro atoms. The van der Waals surface area contributed by atoms with Crippen molar-refractivity contribution in [1.82, 2.24) is 5.32 Å². The van der Waals surface area contributed by atoms with Gasteiger partial charge in [-0.15, -0.1) is 0 Å². The minimum atomic E-state index is -0.404. The SMILES string of the molecule is COc1cc(OC)c(N[C@H](C)C(=O)NCCC2=CCCCC2)cc1Cl. The first-order valence-electron chi connectivity index (χ1n) is 8.68. The van der Waals surface area contributed by atoms with Crippen LogP contribution in [0.15, 0.2) is 23.8 Å². The number of amides is 1. The van der Waals surface area contributed by atoms with Gasteiger partial charge in [-0.1, -0.05) is 23.3 Å². The van der Waals surface area contributed by atoms with Crippen LogP contribution in [0.4, 0.5) is 5.69 Å². The highest BCUT2D eigenvalue weighted by atomic mass is 35.5. The van der Waals surface area contributed by atoms with Gasteiger partial charge in [-0.05, 0) is 45.1 Å². The molecule has 1 aromatic rings. The number of carbonyl (C=O) groups excluding carboxylic acids is 1. The highest BCUT2D eigenvalue weighted by Gasteiger charge is 2.16. The highest BCUT2D eigenvalue weighted by Crippen LogP contribution is 2.36. The summed E-state index contributed by atoms with van der Waals surface area (Å²) >= 11 is 6.16. The van der Waals surface area contributed by atoms with Crippen molar-refractivity contribution in [3.8, 4) is 11.5 Å². The number of allylic oxidation sites excluding steroid dienone is 1. The van der Waals surface area contributed by atoms with Crippen LogP contribution in [-0.2, 0) is 4.79 Å². The van der Waals surface area contributed by atoms with Crippen LogP contribution >= 0.6 is 11.6 Å². The van der Waals surface area contributed by atoms with Crippen molar-refractivity contribution >= 4 is 23.2 Å². The van der Waals surface area contributed by atoms with E-state index in [4.69, 9.17) is 21.1 Å². The smallest absolute Gasteiger partial charge is 0.242 e. The standard InChI is InChI=1S/C19H27ClN2O3/c1-13(19(23)21-10-9-14-7-5-4-6-8-14)22-16-11-15(20)17(24-2)12-18(16)25-3/h7,11-13,22H,4-6,8-10H2,1-3H3,(H,21,23)/t13-/m1/s1. The molecule has 0 aliphatic heterocycles. The molecule has 138 valence electrons. The predicted octanol–water partition coefficient (Wildman–Crippen LogP) is 4.16. The molecule has 0 saturated heterocycles.